The number of carbonyl (C=O) groups is 1. The van der Waals surface area contributed by atoms with E-state index in [0.717, 1.165) is 37.0 Å². The molecule has 2 N–H and O–H groups in total. The van der Waals surface area contributed by atoms with Crippen molar-refractivity contribution in [3.8, 4) is 5.75 Å². The summed E-state index contributed by atoms with van der Waals surface area (Å²) >= 11 is 0. The van der Waals surface area contributed by atoms with E-state index in [1.165, 1.54) is 0 Å². The Labute approximate surface area is 197 Å². The maximum atomic E-state index is 11.8. The third-order valence-electron chi connectivity index (χ3n) is 6.76. The number of esters is 1. The second kappa shape index (κ2) is 12.5. The van der Waals surface area contributed by atoms with Crippen molar-refractivity contribution >= 4 is 5.97 Å². The van der Waals surface area contributed by atoms with Crippen LogP contribution in [0.3, 0.4) is 0 Å². The second-order valence-electron chi connectivity index (χ2n) is 9.82. The molecule has 1 saturated carbocycles. The van der Waals surface area contributed by atoms with Gasteiger partial charge in [0.1, 0.15) is 18.5 Å². The van der Waals surface area contributed by atoms with Crippen LogP contribution in [0.4, 0.5) is 0 Å². The number of carbonyl (C=O) groups excluding carboxylic acids is 1. The van der Waals surface area contributed by atoms with Crippen molar-refractivity contribution in [2.24, 2.45) is 17.8 Å². The lowest BCUT2D eigenvalue weighted by Crippen LogP contribution is -2.22. The Bertz CT molecular complexity index is 776. The quantitative estimate of drug-likeness (QED) is 0.402. The van der Waals surface area contributed by atoms with E-state index in [4.69, 9.17) is 14.2 Å². The average molecular weight is 461 g/mol. The molecule has 1 saturated heterocycles. The lowest BCUT2D eigenvalue weighted by molar-refractivity contribution is -0.147. The predicted octanol–water partition coefficient (Wildman–Crippen LogP) is 4.21. The van der Waals surface area contributed by atoms with Crippen molar-refractivity contribution in [2.45, 2.75) is 83.7 Å². The van der Waals surface area contributed by atoms with E-state index in [-0.39, 0.29) is 36.6 Å². The van der Waals surface area contributed by atoms with Crippen molar-refractivity contribution in [1.82, 2.24) is 0 Å². The molecule has 0 bridgehead atoms. The molecule has 184 valence electrons. The number of hydrogen-bond donors (Lipinski definition) is 2. The summed E-state index contributed by atoms with van der Waals surface area (Å²) in [5.74, 6) is 1.29. The molecule has 0 radical (unpaired) electrons. The minimum absolute atomic E-state index is 0.0251. The first-order chi connectivity index (χ1) is 15.8. The maximum absolute atomic E-state index is 11.8. The molecule has 1 aromatic carbocycles. The number of aliphatic hydroxyl groups is 2. The van der Waals surface area contributed by atoms with Gasteiger partial charge in [0.25, 0.3) is 0 Å². The molecule has 6 atom stereocenters. The van der Waals surface area contributed by atoms with Gasteiger partial charge in [0.05, 0.1) is 18.3 Å². The van der Waals surface area contributed by atoms with Gasteiger partial charge in [-0.05, 0) is 69.9 Å². The highest BCUT2D eigenvalue weighted by Gasteiger charge is 2.43. The van der Waals surface area contributed by atoms with Gasteiger partial charge in [-0.15, -0.1) is 0 Å². The largest absolute Gasteiger partial charge is 0.490 e. The van der Waals surface area contributed by atoms with Crippen molar-refractivity contribution in [3.63, 3.8) is 0 Å². The summed E-state index contributed by atoms with van der Waals surface area (Å²) in [7, 11) is 0. The number of aryl methyl sites for hydroxylation is 1. The van der Waals surface area contributed by atoms with E-state index in [1.807, 2.05) is 51.1 Å². The van der Waals surface area contributed by atoms with Crippen LogP contribution in [0.15, 0.2) is 36.4 Å². The maximum Gasteiger partial charge on any atom is 0.306 e. The smallest absolute Gasteiger partial charge is 0.306 e. The zero-order valence-electron chi connectivity index (χ0n) is 20.2. The standard InChI is InChI=1S/C27H40O6/c1-18(2)33-27(30)10-6-8-20-11-13-23-22(24(29)15-26(23)31-16-20)14-12-21(28)17-32-25-9-5-4-7-19(25)3/h4-5,7,9,12,14,18,20-24,26,28-29H,6,8,10-11,13,15-17H2,1-3H3/b14-12+/t20-,21+,22+,23+,24+,26-/m0/s1. The van der Waals surface area contributed by atoms with Crippen LogP contribution in [0.25, 0.3) is 0 Å². The molecule has 2 aliphatic rings. The lowest BCUT2D eigenvalue weighted by Gasteiger charge is -2.21. The molecule has 0 amide bonds. The minimum atomic E-state index is -0.735. The van der Waals surface area contributed by atoms with Gasteiger partial charge in [0, 0.05) is 25.4 Å². The van der Waals surface area contributed by atoms with Crippen LogP contribution in [0.5, 0.6) is 5.75 Å². The highest BCUT2D eigenvalue weighted by molar-refractivity contribution is 5.69. The molecule has 3 rings (SSSR count). The van der Waals surface area contributed by atoms with Crippen LogP contribution < -0.4 is 4.74 Å². The molecule has 6 nitrogen and oxygen atoms in total. The van der Waals surface area contributed by atoms with Gasteiger partial charge in [-0.2, -0.15) is 0 Å². The van der Waals surface area contributed by atoms with Crippen molar-refractivity contribution < 1.29 is 29.2 Å². The highest BCUT2D eigenvalue weighted by Crippen LogP contribution is 2.42. The van der Waals surface area contributed by atoms with Crippen LogP contribution in [0.1, 0.15) is 57.9 Å². The van der Waals surface area contributed by atoms with Crippen molar-refractivity contribution in [3.05, 3.63) is 42.0 Å². The predicted molar refractivity (Wildman–Crippen MR) is 127 cm³/mol. The van der Waals surface area contributed by atoms with Gasteiger partial charge in [-0.25, -0.2) is 0 Å². The Balaban J connectivity index is 1.46. The number of hydrogen-bond acceptors (Lipinski definition) is 6. The van der Waals surface area contributed by atoms with E-state index in [0.29, 0.717) is 25.4 Å². The normalized spacial score (nSPS) is 28.5. The zero-order chi connectivity index (χ0) is 23.8. The molecular formula is C27H40O6. The monoisotopic (exact) mass is 460 g/mol. The fourth-order valence-electron chi connectivity index (χ4n) is 5.01. The lowest BCUT2D eigenvalue weighted by atomic mass is 9.86. The third-order valence-corrected chi connectivity index (χ3v) is 6.76. The van der Waals surface area contributed by atoms with Crippen LogP contribution in [0.2, 0.25) is 0 Å². The summed E-state index contributed by atoms with van der Waals surface area (Å²) in [6.07, 6.45) is 7.33. The van der Waals surface area contributed by atoms with Crippen LogP contribution in [-0.2, 0) is 14.3 Å². The average Bonchev–Trinajstić information content (AvgIpc) is 2.92. The Kier molecular flexibility index (Phi) is 9.78. The van der Waals surface area contributed by atoms with E-state index < -0.39 is 12.2 Å². The summed E-state index contributed by atoms with van der Waals surface area (Å²) in [6, 6.07) is 7.74. The van der Waals surface area contributed by atoms with Gasteiger partial charge >= 0.3 is 5.97 Å². The SMILES string of the molecule is Cc1ccccc1OC[C@H](O)/C=C/[C@@H]1[C@H]2CC[C@H](CCCC(=O)OC(C)C)CO[C@H]2C[C@H]1O. The van der Waals surface area contributed by atoms with Gasteiger partial charge in [0.2, 0.25) is 0 Å². The Hall–Kier alpha value is -1.89. The molecule has 1 aliphatic heterocycles. The first-order valence-electron chi connectivity index (χ1n) is 12.4. The number of ether oxygens (including phenoxy) is 3. The Morgan fingerprint density at radius 2 is 2.06 bits per heavy atom. The van der Waals surface area contributed by atoms with Gasteiger partial charge < -0.3 is 24.4 Å². The van der Waals surface area contributed by atoms with Gasteiger partial charge in [0.15, 0.2) is 0 Å². The summed E-state index contributed by atoms with van der Waals surface area (Å²) in [5.41, 5.74) is 1.03. The van der Waals surface area contributed by atoms with Crippen LogP contribution >= 0.6 is 0 Å². The molecule has 2 fully saturated rings. The number of aliphatic hydroxyl groups excluding tert-OH is 2. The fourth-order valence-corrected chi connectivity index (χ4v) is 5.01. The molecule has 1 aliphatic carbocycles. The minimum Gasteiger partial charge on any atom is -0.490 e. The molecule has 0 aromatic heterocycles. The van der Waals surface area contributed by atoms with E-state index in [9.17, 15) is 15.0 Å². The molecule has 0 spiro atoms. The molecule has 1 heterocycles. The number of rotatable bonds is 10. The van der Waals surface area contributed by atoms with E-state index in [1.54, 1.807) is 6.08 Å². The third kappa shape index (κ3) is 7.83. The van der Waals surface area contributed by atoms with Crippen LogP contribution in [-0.4, -0.2) is 53.8 Å². The Morgan fingerprint density at radius 1 is 1.27 bits per heavy atom. The van der Waals surface area contributed by atoms with Crippen molar-refractivity contribution in [1.29, 1.82) is 0 Å². The summed E-state index contributed by atoms with van der Waals surface area (Å²) in [4.78, 5) is 11.8. The van der Waals surface area contributed by atoms with Gasteiger partial charge in [-0.1, -0.05) is 30.4 Å². The Morgan fingerprint density at radius 3 is 2.82 bits per heavy atom. The number of fused-ring (bicyclic) bond motifs is 1. The molecule has 1 aromatic rings. The molecule has 6 heteroatoms. The number of benzene rings is 1. The van der Waals surface area contributed by atoms with Gasteiger partial charge in [-0.3, -0.25) is 4.79 Å². The fraction of sp³-hybridized carbons (Fsp3) is 0.667. The van der Waals surface area contributed by atoms with Crippen molar-refractivity contribution in [2.75, 3.05) is 13.2 Å². The topological polar surface area (TPSA) is 85.2 Å². The molecule has 33 heavy (non-hydrogen) atoms. The van der Waals surface area contributed by atoms with E-state index >= 15 is 0 Å². The first-order valence-corrected chi connectivity index (χ1v) is 12.4. The molecule has 0 unspecified atom stereocenters. The second-order valence-corrected chi connectivity index (χ2v) is 9.82. The zero-order valence-corrected chi connectivity index (χ0v) is 20.2. The first kappa shape index (κ1) is 25.7. The highest BCUT2D eigenvalue weighted by atomic mass is 16.5. The molecular weight excluding hydrogens is 420 g/mol. The van der Waals surface area contributed by atoms with Crippen LogP contribution in [0, 0.1) is 24.7 Å². The number of para-hydroxylation sites is 1. The van der Waals surface area contributed by atoms with E-state index in [2.05, 4.69) is 0 Å². The summed E-state index contributed by atoms with van der Waals surface area (Å²) in [6.45, 7) is 6.56. The summed E-state index contributed by atoms with van der Waals surface area (Å²) < 4.78 is 17.1. The summed E-state index contributed by atoms with van der Waals surface area (Å²) in [5, 5.41) is 21.0.